The molecule has 0 heterocycles. The van der Waals surface area contributed by atoms with Gasteiger partial charge in [0.25, 0.3) is 0 Å². The third-order valence-corrected chi connectivity index (χ3v) is 3.48. The largest absolute Gasteiger partial charge is 0.0616 e. The molecule has 0 nitrogen and oxygen atoms in total. The zero-order valence-electron chi connectivity index (χ0n) is 8.53. The predicted molar refractivity (Wildman–Crippen MR) is 77.2 cm³/mol. The van der Waals surface area contributed by atoms with E-state index in [1.165, 1.54) is 11.1 Å². The molecule has 0 saturated carbocycles. The number of halogens is 2. The summed E-state index contributed by atoms with van der Waals surface area (Å²) in [5, 5.41) is 0. The summed E-state index contributed by atoms with van der Waals surface area (Å²) >= 11 is 6.94. The number of rotatable bonds is 2. The second-order valence-corrected chi connectivity index (χ2v) is 5.18. The average Bonchev–Trinajstić information content (AvgIpc) is 2.30. The summed E-state index contributed by atoms with van der Waals surface area (Å²) < 4.78 is 2.22. The molecule has 0 amide bonds. The van der Waals surface area contributed by atoms with Crippen LogP contribution in [0.5, 0.6) is 0 Å². The third-order valence-electron chi connectivity index (χ3n) is 2.23. The van der Waals surface area contributed by atoms with Gasteiger partial charge in [0, 0.05) is 8.95 Å². The fourth-order valence-corrected chi connectivity index (χ4v) is 2.05. The Bertz CT molecular complexity index is 498. The Hall–Kier alpha value is -0.860. The molecular formula is C14H10Br2. The van der Waals surface area contributed by atoms with Crippen molar-refractivity contribution in [3.63, 3.8) is 0 Å². The van der Waals surface area contributed by atoms with Crippen LogP contribution in [0.4, 0.5) is 0 Å². The van der Waals surface area contributed by atoms with Crippen molar-refractivity contribution >= 4 is 44.0 Å². The van der Waals surface area contributed by atoms with Crippen LogP contribution in [0.25, 0.3) is 12.2 Å². The van der Waals surface area contributed by atoms with E-state index >= 15 is 0 Å². The first kappa shape index (κ1) is 11.6. The van der Waals surface area contributed by atoms with Crippen LogP contribution in [0.2, 0.25) is 0 Å². The van der Waals surface area contributed by atoms with Crippen LogP contribution in [0.3, 0.4) is 0 Å². The second-order valence-electron chi connectivity index (χ2n) is 3.41. The normalized spacial score (nSPS) is 10.9. The Labute approximate surface area is 112 Å². The minimum Gasteiger partial charge on any atom is -0.0616 e. The van der Waals surface area contributed by atoms with Crippen molar-refractivity contribution in [2.75, 3.05) is 0 Å². The highest BCUT2D eigenvalue weighted by Crippen LogP contribution is 2.19. The van der Waals surface area contributed by atoms with E-state index in [1.807, 2.05) is 30.3 Å². The van der Waals surface area contributed by atoms with Crippen LogP contribution < -0.4 is 0 Å². The molecule has 0 aliphatic carbocycles. The predicted octanol–water partition coefficient (Wildman–Crippen LogP) is 5.38. The average molecular weight is 338 g/mol. The van der Waals surface area contributed by atoms with Gasteiger partial charge in [-0.1, -0.05) is 74.3 Å². The maximum Gasteiger partial charge on any atom is 0.0247 e. The van der Waals surface area contributed by atoms with Gasteiger partial charge in [-0.2, -0.15) is 0 Å². The van der Waals surface area contributed by atoms with Gasteiger partial charge < -0.3 is 0 Å². The molecule has 0 bridgehead atoms. The summed E-state index contributed by atoms with van der Waals surface area (Å²) in [6.07, 6.45) is 4.21. The Balaban J connectivity index is 2.21. The lowest BCUT2D eigenvalue weighted by molar-refractivity contribution is 1.59. The van der Waals surface area contributed by atoms with Crippen molar-refractivity contribution in [2.45, 2.75) is 0 Å². The SMILES string of the molecule is Brc1ccc(/C=C\c2ccccc2Br)cc1. The molecule has 0 aliphatic rings. The smallest absolute Gasteiger partial charge is 0.0247 e. The highest BCUT2D eigenvalue weighted by molar-refractivity contribution is 9.10. The van der Waals surface area contributed by atoms with Crippen LogP contribution in [0.15, 0.2) is 57.5 Å². The van der Waals surface area contributed by atoms with Gasteiger partial charge in [-0.05, 0) is 29.3 Å². The summed E-state index contributed by atoms with van der Waals surface area (Å²) in [5.74, 6) is 0. The first-order valence-electron chi connectivity index (χ1n) is 4.94. The van der Waals surface area contributed by atoms with Crippen molar-refractivity contribution in [1.29, 1.82) is 0 Å². The molecule has 0 spiro atoms. The molecule has 0 aliphatic heterocycles. The molecule has 0 atom stereocenters. The summed E-state index contributed by atoms with van der Waals surface area (Å²) in [6, 6.07) is 16.4. The Morgan fingerprint density at radius 2 is 1.44 bits per heavy atom. The van der Waals surface area contributed by atoms with Crippen LogP contribution >= 0.6 is 31.9 Å². The molecule has 0 radical (unpaired) electrons. The van der Waals surface area contributed by atoms with E-state index in [1.54, 1.807) is 0 Å². The van der Waals surface area contributed by atoms with E-state index in [9.17, 15) is 0 Å². The minimum atomic E-state index is 1.10. The summed E-state index contributed by atoms with van der Waals surface area (Å²) in [5.41, 5.74) is 2.38. The van der Waals surface area contributed by atoms with Gasteiger partial charge in [-0.3, -0.25) is 0 Å². The molecule has 0 unspecified atom stereocenters. The van der Waals surface area contributed by atoms with E-state index in [2.05, 4.69) is 62.2 Å². The highest BCUT2D eigenvalue weighted by Gasteiger charge is 1.93. The summed E-state index contributed by atoms with van der Waals surface area (Å²) in [7, 11) is 0. The lowest BCUT2D eigenvalue weighted by atomic mass is 10.1. The minimum absolute atomic E-state index is 1.10. The molecular weight excluding hydrogens is 328 g/mol. The second kappa shape index (κ2) is 5.46. The zero-order chi connectivity index (χ0) is 11.4. The fourth-order valence-electron chi connectivity index (χ4n) is 1.37. The van der Waals surface area contributed by atoms with E-state index in [4.69, 9.17) is 0 Å². The van der Waals surface area contributed by atoms with Crippen molar-refractivity contribution in [2.24, 2.45) is 0 Å². The molecule has 2 heteroatoms. The Morgan fingerprint density at radius 3 is 2.12 bits per heavy atom. The van der Waals surface area contributed by atoms with Crippen LogP contribution in [-0.2, 0) is 0 Å². The molecule has 80 valence electrons. The van der Waals surface area contributed by atoms with E-state index in [-0.39, 0.29) is 0 Å². The molecule has 2 rings (SSSR count). The van der Waals surface area contributed by atoms with Crippen molar-refractivity contribution in [1.82, 2.24) is 0 Å². The van der Waals surface area contributed by atoms with E-state index < -0.39 is 0 Å². The van der Waals surface area contributed by atoms with Gasteiger partial charge >= 0.3 is 0 Å². The monoisotopic (exact) mass is 336 g/mol. The third kappa shape index (κ3) is 3.06. The fraction of sp³-hybridized carbons (Fsp3) is 0. The number of hydrogen-bond acceptors (Lipinski definition) is 0. The van der Waals surface area contributed by atoms with E-state index in [0.717, 1.165) is 8.95 Å². The number of hydrogen-bond donors (Lipinski definition) is 0. The lowest BCUT2D eigenvalue weighted by Gasteiger charge is -1.97. The number of benzene rings is 2. The first-order chi connectivity index (χ1) is 7.75. The summed E-state index contributed by atoms with van der Waals surface area (Å²) in [6.45, 7) is 0. The highest BCUT2D eigenvalue weighted by atomic mass is 79.9. The van der Waals surface area contributed by atoms with Crippen LogP contribution in [0.1, 0.15) is 11.1 Å². The topological polar surface area (TPSA) is 0 Å². The Kier molecular flexibility index (Phi) is 3.97. The van der Waals surface area contributed by atoms with Gasteiger partial charge in [0.1, 0.15) is 0 Å². The maximum atomic E-state index is 3.52. The molecule has 0 fully saturated rings. The van der Waals surface area contributed by atoms with Crippen molar-refractivity contribution < 1.29 is 0 Å². The standard InChI is InChI=1S/C14H10Br2/c15-13-9-6-11(7-10-13)5-8-12-3-1-2-4-14(12)16/h1-10H/b8-5-. The Morgan fingerprint density at radius 1 is 0.750 bits per heavy atom. The molecule has 0 saturated heterocycles. The van der Waals surface area contributed by atoms with Crippen LogP contribution in [0, 0.1) is 0 Å². The molecule has 2 aromatic carbocycles. The maximum absolute atomic E-state index is 3.52. The van der Waals surface area contributed by atoms with E-state index in [0.29, 0.717) is 0 Å². The molecule has 16 heavy (non-hydrogen) atoms. The van der Waals surface area contributed by atoms with Crippen molar-refractivity contribution in [3.05, 3.63) is 68.6 Å². The molecule has 2 aromatic rings. The van der Waals surface area contributed by atoms with Gasteiger partial charge in [-0.25, -0.2) is 0 Å². The molecule has 0 aromatic heterocycles. The molecule has 0 N–H and O–H groups in total. The first-order valence-corrected chi connectivity index (χ1v) is 6.52. The van der Waals surface area contributed by atoms with Gasteiger partial charge in [0.2, 0.25) is 0 Å². The summed E-state index contributed by atoms with van der Waals surface area (Å²) in [4.78, 5) is 0. The zero-order valence-corrected chi connectivity index (χ0v) is 11.7. The quantitative estimate of drug-likeness (QED) is 0.645. The van der Waals surface area contributed by atoms with Crippen LogP contribution in [-0.4, -0.2) is 0 Å². The van der Waals surface area contributed by atoms with Gasteiger partial charge in [0.15, 0.2) is 0 Å². The van der Waals surface area contributed by atoms with Gasteiger partial charge in [-0.15, -0.1) is 0 Å². The van der Waals surface area contributed by atoms with Gasteiger partial charge in [0.05, 0.1) is 0 Å². The van der Waals surface area contributed by atoms with Crippen molar-refractivity contribution in [3.8, 4) is 0 Å². The lowest BCUT2D eigenvalue weighted by Crippen LogP contribution is -1.74.